The first-order valence-electron chi connectivity index (χ1n) is 7.94. The number of hydrogen-bond donors (Lipinski definition) is 4. The molecule has 1 unspecified atom stereocenters. The zero-order chi connectivity index (χ0) is 18.8. The zero-order valence-corrected chi connectivity index (χ0v) is 15.0. The lowest BCUT2D eigenvalue weighted by Crippen LogP contribution is -2.27. The van der Waals surface area contributed by atoms with Crippen molar-refractivity contribution < 1.29 is 9.60 Å². The van der Waals surface area contributed by atoms with Gasteiger partial charge >= 0.3 is 0 Å². The predicted molar refractivity (Wildman–Crippen MR) is 98.6 cm³/mol. The summed E-state index contributed by atoms with van der Waals surface area (Å²) in [6.45, 7) is 2.03. The van der Waals surface area contributed by atoms with Crippen molar-refractivity contribution in [2.75, 3.05) is 12.1 Å². The highest BCUT2D eigenvalue weighted by atomic mass is 35.5. The SMILES string of the molecule is CNC(C)Cc1nc2nccc(C(=N)N(O)c3ccc(F)c(Cl)c3)c2[nH]1. The minimum absolute atomic E-state index is 0.140. The molecule has 0 saturated heterocycles. The van der Waals surface area contributed by atoms with E-state index in [2.05, 4.69) is 20.3 Å². The van der Waals surface area contributed by atoms with Gasteiger partial charge in [-0.1, -0.05) is 11.6 Å². The lowest BCUT2D eigenvalue weighted by molar-refractivity contribution is 0.312. The second kappa shape index (κ2) is 7.36. The Morgan fingerprint density at radius 2 is 2.23 bits per heavy atom. The van der Waals surface area contributed by atoms with Gasteiger partial charge in [-0.15, -0.1) is 0 Å². The number of hydrogen-bond acceptors (Lipinski definition) is 5. The molecule has 0 spiro atoms. The number of aromatic amines is 1. The van der Waals surface area contributed by atoms with Crippen molar-refractivity contribution in [1.82, 2.24) is 20.3 Å². The fourth-order valence-electron chi connectivity index (χ4n) is 2.50. The normalized spacial score (nSPS) is 12.3. The molecule has 2 heterocycles. The van der Waals surface area contributed by atoms with E-state index in [9.17, 15) is 9.60 Å². The summed E-state index contributed by atoms with van der Waals surface area (Å²) in [5.74, 6) is -0.0839. The number of fused-ring (bicyclic) bond motifs is 1. The number of anilines is 1. The van der Waals surface area contributed by atoms with Crippen LogP contribution in [-0.2, 0) is 6.42 Å². The molecule has 9 heteroatoms. The molecule has 1 atom stereocenters. The van der Waals surface area contributed by atoms with Gasteiger partial charge in [0, 0.05) is 24.2 Å². The molecular weight excluding hydrogens is 359 g/mol. The van der Waals surface area contributed by atoms with E-state index in [-0.39, 0.29) is 22.6 Å². The van der Waals surface area contributed by atoms with E-state index in [1.807, 2.05) is 14.0 Å². The number of benzene rings is 1. The third kappa shape index (κ3) is 3.52. The third-order valence-corrected chi connectivity index (χ3v) is 4.34. The Bertz CT molecular complexity index is 960. The maximum atomic E-state index is 13.3. The molecule has 1 aromatic carbocycles. The Morgan fingerprint density at radius 1 is 1.46 bits per heavy atom. The molecule has 2 aromatic heterocycles. The summed E-state index contributed by atoms with van der Waals surface area (Å²) in [6, 6.07) is 5.53. The number of hydroxylamine groups is 1. The average Bonchev–Trinajstić information content (AvgIpc) is 3.04. The van der Waals surface area contributed by atoms with Crippen LogP contribution in [0.25, 0.3) is 11.2 Å². The number of pyridine rings is 1. The first-order chi connectivity index (χ1) is 12.4. The van der Waals surface area contributed by atoms with Crippen LogP contribution in [0.3, 0.4) is 0 Å². The van der Waals surface area contributed by atoms with E-state index < -0.39 is 5.82 Å². The predicted octanol–water partition coefficient (Wildman–Crippen LogP) is 3.12. The van der Waals surface area contributed by atoms with E-state index in [0.717, 1.165) is 11.9 Å². The van der Waals surface area contributed by atoms with Crippen LogP contribution in [0.5, 0.6) is 0 Å². The first-order valence-corrected chi connectivity index (χ1v) is 8.32. The fourth-order valence-corrected chi connectivity index (χ4v) is 2.68. The van der Waals surface area contributed by atoms with Gasteiger partial charge in [-0.05, 0) is 38.2 Å². The second-order valence-corrected chi connectivity index (χ2v) is 6.30. The van der Waals surface area contributed by atoms with Gasteiger partial charge in [-0.3, -0.25) is 10.6 Å². The Hall–Kier alpha value is -2.55. The standard InChI is InChI=1S/C17H18ClFN6O/c1-9(21-2)7-14-23-15-11(5-6-22-17(15)24-14)16(20)25(26)10-3-4-13(19)12(18)8-10/h3-6,8-9,20-21,26H,7H2,1-2H3,(H,22,23,24). The molecule has 0 aliphatic rings. The van der Waals surface area contributed by atoms with Gasteiger partial charge in [-0.25, -0.2) is 19.4 Å². The maximum absolute atomic E-state index is 13.3. The molecule has 0 fully saturated rings. The summed E-state index contributed by atoms with van der Waals surface area (Å²) in [5.41, 5.74) is 1.59. The molecule has 26 heavy (non-hydrogen) atoms. The molecule has 7 nitrogen and oxygen atoms in total. The minimum Gasteiger partial charge on any atom is -0.340 e. The van der Waals surface area contributed by atoms with Crippen molar-refractivity contribution >= 4 is 34.3 Å². The van der Waals surface area contributed by atoms with Crippen molar-refractivity contribution in [2.24, 2.45) is 0 Å². The van der Waals surface area contributed by atoms with E-state index in [4.69, 9.17) is 17.0 Å². The minimum atomic E-state index is -0.599. The lowest BCUT2D eigenvalue weighted by atomic mass is 10.2. The smallest absolute Gasteiger partial charge is 0.178 e. The van der Waals surface area contributed by atoms with Gasteiger partial charge < -0.3 is 10.3 Å². The topological polar surface area (TPSA) is 101 Å². The molecule has 0 aliphatic carbocycles. The van der Waals surface area contributed by atoms with Gasteiger partial charge in [0.05, 0.1) is 16.2 Å². The van der Waals surface area contributed by atoms with Gasteiger partial charge in [0.2, 0.25) is 0 Å². The van der Waals surface area contributed by atoms with Gasteiger partial charge in [0.1, 0.15) is 11.6 Å². The maximum Gasteiger partial charge on any atom is 0.178 e. The Labute approximate surface area is 154 Å². The largest absolute Gasteiger partial charge is 0.340 e. The van der Waals surface area contributed by atoms with Crippen molar-refractivity contribution in [1.29, 1.82) is 5.41 Å². The fraction of sp³-hybridized carbons (Fsp3) is 0.235. The van der Waals surface area contributed by atoms with Crippen LogP contribution in [0.15, 0.2) is 30.5 Å². The molecule has 0 bridgehead atoms. The number of nitrogens with zero attached hydrogens (tertiary/aromatic N) is 3. The highest BCUT2D eigenvalue weighted by Crippen LogP contribution is 2.24. The molecule has 4 N–H and O–H groups in total. The van der Waals surface area contributed by atoms with Crippen LogP contribution in [0.1, 0.15) is 18.3 Å². The number of H-pyrrole nitrogens is 1. The van der Waals surface area contributed by atoms with Crippen LogP contribution in [0.2, 0.25) is 5.02 Å². The highest BCUT2D eigenvalue weighted by Gasteiger charge is 2.18. The van der Waals surface area contributed by atoms with E-state index in [1.165, 1.54) is 18.3 Å². The van der Waals surface area contributed by atoms with Crippen LogP contribution < -0.4 is 10.4 Å². The van der Waals surface area contributed by atoms with Crippen LogP contribution >= 0.6 is 11.6 Å². The zero-order valence-electron chi connectivity index (χ0n) is 14.2. The first kappa shape index (κ1) is 18.2. The van der Waals surface area contributed by atoms with Gasteiger partial charge in [0.25, 0.3) is 0 Å². The van der Waals surface area contributed by atoms with Crippen molar-refractivity contribution in [3.05, 3.63) is 52.7 Å². The Balaban J connectivity index is 1.95. The molecule has 0 aliphatic heterocycles. The van der Waals surface area contributed by atoms with Crippen LogP contribution in [0.4, 0.5) is 10.1 Å². The van der Waals surface area contributed by atoms with Crippen molar-refractivity contribution in [2.45, 2.75) is 19.4 Å². The molecule has 0 amide bonds. The van der Waals surface area contributed by atoms with E-state index in [0.29, 0.717) is 28.2 Å². The Morgan fingerprint density at radius 3 is 2.92 bits per heavy atom. The van der Waals surface area contributed by atoms with Gasteiger partial charge in [-0.2, -0.15) is 0 Å². The molecular formula is C17H18ClFN6O. The summed E-state index contributed by atoms with van der Waals surface area (Å²) in [7, 11) is 1.87. The van der Waals surface area contributed by atoms with Crippen LogP contribution in [-0.4, -0.2) is 39.1 Å². The number of likely N-dealkylation sites (N-methyl/N-ethyl adjacent to an activating group) is 1. The summed E-state index contributed by atoms with van der Waals surface area (Å²) in [6.07, 6.45) is 2.18. The Kier molecular flexibility index (Phi) is 5.17. The highest BCUT2D eigenvalue weighted by molar-refractivity contribution is 6.31. The lowest BCUT2D eigenvalue weighted by Gasteiger charge is -2.18. The summed E-state index contributed by atoms with van der Waals surface area (Å²) < 4.78 is 13.3. The third-order valence-electron chi connectivity index (χ3n) is 4.05. The summed E-state index contributed by atoms with van der Waals surface area (Å²) in [5, 5.41) is 22.3. The van der Waals surface area contributed by atoms with Crippen molar-refractivity contribution in [3.63, 3.8) is 0 Å². The quantitative estimate of drug-likeness (QED) is 0.311. The molecule has 0 radical (unpaired) electrons. The molecule has 3 rings (SSSR count). The summed E-state index contributed by atoms with van der Waals surface area (Å²) in [4.78, 5) is 11.8. The monoisotopic (exact) mass is 376 g/mol. The average molecular weight is 377 g/mol. The molecule has 0 saturated carbocycles. The van der Waals surface area contributed by atoms with Gasteiger partial charge in [0.15, 0.2) is 11.5 Å². The van der Waals surface area contributed by atoms with Crippen LogP contribution in [0, 0.1) is 11.2 Å². The molecule has 3 aromatic rings. The number of aromatic nitrogens is 3. The summed E-state index contributed by atoms with van der Waals surface area (Å²) >= 11 is 5.75. The molecule has 136 valence electrons. The van der Waals surface area contributed by atoms with Crippen molar-refractivity contribution in [3.8, 4) is 0 Å². The number of rotatable bonds is 5. The number of amidine groups is 1. The number of nitrogens with one attached hydrogen (secondary N) is 3. The van der Waals surface area contributed by atoms with E-state index in [1.54, 1.807) is 6.07 Å². The second-order valence-electron chi connectivity index (χ2n) is 5.89. The number of halogens is 2. The number of imidazole rings is 1. The van der Waals surface area contributed by atoms with E-state index >= 15 is 0 Å².